The fourth-order valence-corrected chi connectivity index (χ4v) is 3.36. The third-order valence-electron chi connectivity index (χ3n) is 3.98. The number of urea groups is 1. The monoisotopic (exact) mass is 406 g/mol. The molecule has 0 atom stereocenters. The van der Waals surface area contributed by atoms with E-state index in [4.69, 9.17) is 4.42 Å². The van der Waals surface area contributed by atoms with E-state index in [1.807, 2.05) is 23.6 Å². The summed E-state index contributed by atoms with van der Waals surface area (Å²) in [6.07, 6.45) is 2.16. The Kier molecular flexibility index (Phi) is 7.02. The van der Waals surface area contributed by atoms with E-state index in [2.05, 4.69) is 10.1 Å². The molecular formula is C20H20F2N2O3S. The van der Waals surface area contributed by atoms with Crippen LogP contribution in [0.3, 0.4) is 0 Å². The van der Waals surface area contributed by atoms with E-state index < -0.39 is 6.61 Å². The first-order chi connectivity index (χ1) is 13.6. The lowest BCUT2D eigenvalue weighted by molar-refractivity contribution is -0.0498. The van der Waals surface area contributed by atoms with Crippen LogP contribution < -0.4 is 10.1 Å². The quantitative estimate of drug-likeness (QED) is 0.550. The van der Waals surface area contributed by atoms with Crippen LogP contribution in [0.5, 0.6) is 5.75 Å². The Labute approximate surface area is 165 Å². The van der Waals surface area contributed by atoms with Crippen LogP contribution in [0.1, 0.15) is 16.2 Å². The SMILES string of the molecule is O=C(NCCc1ccc(OC(F)F)cc1)N(Cc1ccco1)Cc1cccs1. The van der Waals surface area contributed by atoms with Crippen molar-refractivity contribution in [3.8, 4) is 5.75 Å². The van der Waals surface area contributed by atoms with Crippen molar-refractivity contribution in [2.45, 2.75) is 26.1 Å². The molecule has 0 saturated heterocycles. The van der Waals surface area contributed by atoms with E-state index >= 15 is 0 Å². The maximum Gasteiger partial charge on any atom is 0.387 e. The Balaban J connectivity index is 1.52. The number of alkyl halides is 2. The number of carbonyl (C=O) groups is 1. The minimum absolute atomic E-state index is 0.114. The Morgan fingerprint density at radius 1 is 1.14 bits per heavy atom. The number of carbonyl (C=O) groups excluding carboxylic acids is 1. The predicted molar refractivity (Wildman–Crippen MR) is 102 cm³/mol. The number of nitrogens with one attached hydrogen (secondary N) is 1. The van der Waals surface area contributed by atoms with Crippen LogP contribution >= 0.6 is 11.3 Å². The van der Waals surface area contributed by atoms with Gasteiger partial charge in [-0.15, -0.1) is 11.3 Å². The highest BCUT2D eigenvalue weighted by atomic mass is 32.1. The molecule has 0 aliphatic carbocycles. The number of hydrogen-bond acceptors (Lipinski definition) is 4. The van der Waals surface area contributed by atoms with E-state index in [0.717, 1.165) is 10.4 Å². The van der Waals surface area contributed by atoms with Gasteiger partial charge in [-0.1, -0.05) is 18.2 Å². The molecule has 0 aliphatic rings. The molecule has 0 aliphatic heterocycles. The first-order valence-electron chi connectivity index (χ1n) is 8.71. The topological polar surface area (TPSA) is 54.7 Å². The van der Waals surface area contributed by atoms with Gasteiger partial charge in [0.1, 0.15) is 11.5 Å². The highest BCUT2D eigenvalue weighted by molar-refractivity contribution is 7.09. The molecular weight excluding hydrogens is 386 g/mol. The first-order valence-corrected chi connectivity index (χ1v) is 9.59. The van der Waals surface area contributed by atoms with Crippen molar-refractivity contribution in [3.63, 3.8) is 0 Å². The molecule has 148 valence electrons. The lowest BCUT2D eigenvalue weighted by atomic mass is 10.1. The van der Waals surface area contributed by atoms with Gasteiger partial charge in [-0.25, -0.2) is 4.79 Å². The minimum atomic E-state index is -2.84. The Bertz CT molecular complexity index is 801. The average Bonchev–Trinajstić information content (AvgIpc) is 3.36. The molecule has 8 heteroatoms. The number of ether oxygens (including phenoxy) is 1. The van der Waals surface area contributed by atoms with Gasteiger partial charge in [0.25, 0.3) is 0 Å². The maximum atomic E-state index is 12.6. The molecule has 2 aromatic heterocycles. The van der Waals surface area contributed by atoms with Gasteiger partial charge in [-0.3, -0.25) is 0 Å². The number of amides is 2. The Morgan fingerprint density at radius 3 is 2.61 bits per heavy atom. The number of furan rings is 1. The molecule has 0 bridgehead atoms. The van der Waals surface area contributed by atoms with Crippen molar-refractivity contribution in [1.29, 1.82) is 0 Å². The molecule has 5 nitrogen and oxygen atoms in total. The smallest absolute Gasteiger partial charge is 0.387 e. The van der Waals surface area contributed by atoms with Crippen molar-refractivity contribution in [2.24, 2.45) is 0 Å². The van der Waals surface area contributed by atoms with Crippen molar-refractivity contribution in [1.82, 2.24) is 10.2 Å². The van der Waals surface area contributed by atoms with E-state index in [0.29, 0.717) is 31.8 Å². The Morgan fingerprint density at radius 2 is 1.96 bits per heavy atom. The van der Waals surface area contributed by atoms with Gasteiger partial charge >= 0.3 is 12.6 Å². The van der Waals surface area contributed by atoms with Gasteiger partial charge in [0.15, 0.2) is 0 Å². The number of rotatable bonds is 9. The molecule has 0 unspecified atom stereocenters. The summed E-state index contributed by atoms with van der Waals surface area (Å²) < 4.78 is 34.0. The van der Waals surface area contributed by atoms with Crippen LogP contribution in [0.25, 0.3) is 0 Å². The number of nitrogens with zero attached hydrogens (tertiary/aromatic N) is 1. The normalized spacial score (nSPS) is 10.8. The van der Waals surface area contributed by atoms with Crippen LogP contribution in [0.4, 0.5) is 13.6 Å². The average molecular weight is 406 g/mol. The van der Waals surface area contributed by atoms with E-state index in [-0.39, 0.29) is 11.8 Å². The zero-order chi connectivity index (χ0) is 19.8. The van der Waals surface area contributed by atoms with Crippen LogP contribution in [0, 0.1) is 0 Å². The largest absolute Gasteiger partial charge is 0.467 e. The lowest BCUT2D eigenvalue weighted by Crippen LogP contribution is -2.39. The van der Waals surface area contributed by atoms with Crippen LogP contribution in [-0.2, 0) is 19.5 Å². The highest BCUT2D eigenvalue weighted by Crippen LogP contribution is 2.16. The van der Waals surface area contributed by atoms with Crippen LogP contribution in [0.15, 0.2) is 64.6 Å². The second-order valence-electron chi connectivity index (χ2n) is 6.02. The molecule has 3 rings (SSSR count). The summed E-state index contributed by atoms with van der Waals surface area (Å²) in [6, 6.07) is 13.7. The molecule has 28 heavy (non-hydrogen) atoms. The summed E-state index contributed by atoms with van der Waals surface area (Å²) in [7, 11) is 0. The fourth-order valence-electron chi connectivity index (χ4n) is 2.64. The number of hydrogen-bond donors (Lipinski definition) is 1. The van der Waals surface area contributed by atoms with Gasteiger partial charge in [0.2, 0.25) is 0 Å². The third-order valence-corrected chi connectivity index (χ3v) is 4.84. The fraction of sp³-hybridized carbons (Fsp3) is 0.250. The molecule has 0 spiro atoms. The molecule has 0 radical (unpaired) electrons. The van der Waals surface area contributed by atoms with Crippen LogP contribution in [-0.4, -0.2) is 24.1 Å². The van der Waals surface area contributed by atoms with Gasteiger partial charge in [0.05, 0.1) is 19.4 Å². The number of benzene rings is 1. The second-order valence-corrected chi connectivity index (χ2v) is 7.05. The highest BCUT2D eigenvalue weighted by Gasteiger charge is 2.16. The van der Waals surface area contributed by atoms with E-state index in [1.165, 1.54) is 12.1 Å². The standard InChI is InChI=1S/C20H20F2N2O3S/c21-19(22)27-16-7-5-15(6-8-16)9-10-23-20(25)24(13-17-3-1-11-26-17)14-18-4-2-12-28-18/h1-8,11-12,19H,9-10,13-14H2,(H,23,25). The van der Waals surface area contributed by atoms with Crippen molar-refractivity contribution < 1.29 is 22.7 Å². The van der Waals surface area contributed by atoms with Crippen molar-refractivity contribution in [3.05, 3.63) is 76.4 Å². The van der Waals surface area contributed by atoms with Crippen LogP contribution in [0.2, 0.25) is 0 Å². The number of halogens is 2. The third kappa shape index (κ3) is 6.09. The molecule has 2 heterocycles. The molecule has 0 saturated carbocycles. The summed E-state index contributed by atoms with van der Waals surface area (Å²) in [5.74, 6) is 0.824. The molecule has 0 fully saturated rings. The molecule has 3 aromatic rings. The number of thiophene rings is 1. The van der Waals surface area contributed by atoms with Gasteiger partial charge in [-0.2, -0.15) is 8.78 Å². The zero-order valence-electron chi connectivity index (χ0n) is 15.0. The van der Waals surface area contributed by atoms with E-state index in [9.17, 15) is 13.6 Å². The summed E-state index contributed by atoms with van der Waals surface area (Å²) in [5, 5.41) is 4.87. The molecule has 1 aromatic carbocycles. The van der Waals surface area contributed by atoms with Crippen molar-refractivity contribution >= 4 is 17.4 Å². The van der Waals surface area contributed by atoms with Crippen molar-refractivity contribution in [2.75, 3.05) is 6.54 Å². The van der Waals surface area contributed by atoms with Gasteiger partial charge < -0.3 is 19.4 Å². The lowest BCUT2D eigenvalue weighted by Gasteiger charge is -2.21. The second kappa shape index (κ2) is 9.89. The van der Waals surface area contributed by atoms with E-state index in [1.54, 1.807) is 40.7 Å². The zero-order valence-corrected chi connectivity index (χ0v) is 15.8. The molecule has 2 amide bonds. The summed E-state index contributed by atoms with van der Waals surface area (Å²) in [5.41, 5.74) is 0.915. The van der Waals surface area contributed by atoms with Gasteiger partial charge in [0, 0.05) is 11.4 Å². The minimum Gasteiger partial charge on any atom is -0.467 e. The molecule has 1 N–H and O–H groups in total. The van der Waals surface area contributed by atoms with Gasteiger partial charge in [-0.05, 0) is 47.7 Å². The summed E-state index contributed by atoms with van der Waals surface area (Å²) >= 11 is 1.59. The maximum absolute atomic E-state index is 12.6. The first kappa shape index (κ1) is 19.9. The Hall–Kier alpha value is -2.87. The summed E-state index contributed by atoms with van der Waals surface area (Å²) in [4.78, 5) is 15.4. The summed E-state index contributed by atoms with van der Waals surface area (Å²) in [6.45, 7) is -1.55. The predicted octanol–water partition coefficient (Wildman–Crippen LogP) is 4.90.